The third kappa shape index (κ3) is 2.70. The predicted octanol–water partition coefficient (Wildman–Crippen LogP) is 3.59. The fourth-order valence-electron chi connectivity index (χ4n) is 3.78. The van der Waals surface area contributed by atoms with Crippen LogP contribution in [0.25, 0.3) is 11.0 Å². The molecule has 0 bridgehead atoms. The number of nitrogens with zero attached hydrogens (tertiary/aromatic N) is 3. The van der Waals surface area contributed by atoms with E-state index in [1.165, 1.54) is 11.1 Å². The van der Waals surface area contributed by atoms with Crippen LogP contribution in [0.3, 0.4) is 0 Å². The SMILES string of the molecule is Cc1ccc(Cn2c([C@@H]3CC(=O)Nc4[nH]ncc43)nc3ccccc32)cc1. The standard InChI is InChI=1S/C21H19N5O/c1-13-6-8-14(9-7-13)12-26-18-5-3-2-4-17(18)23-21(26)15-10-19(27)24-20-16(15)11-22-25-20/h2-9,11,15H,10,12H2,1H3,(H2,22,24,25,27)/t15-/m1/s1. The Bertz CT molecular complexity index is 1140. The maximum absolute atomic E-state index is 12.2. The van der Waals surface area contributed by atoms with Gasteiger partial charge in [-0.05, 0) is 24.6 Å². The highest BCUT2D eigenvalue weighted by Gasteiger charge is 2.32. The molecule has 0 saturated heterocycles. The molecule has 0 fully saturated rings. The van der Waals surface area contributed by atoms with Crippen molar-refractivity contribution in [3.63, 3.8) is 0 Å². The first-order chi connectivity index (χ1) is 13.2. The maximum atomic E-state index is 12.2. The fraction of sp³-hybridized carbons (Fsp3) is 0.190. The number of rotatable bonds is 3. The quantitative estimate of drug-likeness (QED) is 0.588. The topological polar surface area (TPSA) is 75.6 Å². The van der Waals surface area contributed by atoms with Crippen molar-refractivity contribution in [2.45, 2.75) is 25.8 Å². The number of carbonyl (C=O) groups is 1. The number of fused-ring (bicyclic) bond motifs is 2. The first-order valence-electron chi connectivity index (χ1n) is 9.03. The summed E-state index contributed by atoms with van der Waals surface area (Å²) in [5.41, 5.74) is 5.44. The summed E-state index contributed by atoms with van der Waals surface area (Å²) < 4.78 is 2.22. The van der Waals surface area contributed by atoms with Crippen molar-refractivity contribution in [2.24, 2.45) is 0 Å². The number of nitrogens with one attached hydrogen (secondary N) is 2. The Balaban J connectivity index is 1.66. The average molecular weight is 357 g/mol. The van der Waals surface area contributed by atoms with Gasteiger partial charge in [-0.25, -0.2) is 4.98 Å². The number of H-pyrrole nitrogens is 1. The molecule has 0 spiro atoms. The lowest BCUT2D eigenvalue weighted by molar-refractivity contribution is -0.116. The highest BCUT2D eigenvalue weighted by atomic mass is 16.1. The first-order valence-corrected chi connectivity index (χ1v) is 9.03. The average Bonchev–Trinajstić information content (AvgIpc) is 3.28. The van der Waals surface area contributed by atoms with Gasteiger partial charge in [0, 0.05) is 18.5 Å². The smallest absolute Gasteiger partial charge is 0.226 e. The zero-order valence-corrected chi connectivity index (χ0v) is 14.9. The van der Waals surface area contributed by atoms with E-state index >= 15 is 0 Å². The van der Waals surface area contributed by atoms with Crippen LogP contribution >= 0.6 is 0 Å². The van der Waals surface area contributed by atoms with E-state index in [1.54, 1.807) is 6.20 Å². The summed E-state index contributed by atoms with van der Waals surface area (Å²) >= 11 is 0. The van der Waals surface area contributed by atoms with E-state index in [-0.39, 0.29) is 11.8 Å². The van der Waals surface area contributed by atoms with Crippen LogP contribution in [0, 0.1) is 6.92 Å². The van der Waals surface area contributed by atoms with Gasteiger partial charge in [0.25, 0.3) is 0 Å². The van der Waals surface area contributed by atoms with Gasteiger partial charge in [-0.3, -0.25) is 9.89 Å². The largest absolute Gasteiger partial charge is 0.323 e. The summed E-state index contributed by atoms with van der Waals surface area (Å²) in [5, 5.41) is 9.85. The third-order valence-electron chi connectivity index (χ3n) is 5.16. The number of aromatic nitrogens is 4. The molecular formula is C21H19N5O. The second kappa shape index (κ2) is 6.09. The highest BCUT2D eigenvalue weighted by molar-refractivity contribution is 5.94. The van der Waals surface area contributed by atoms with Crippen LogP contribution in [0.4, 0.5) is 5.82 Å². The molecule has 0 unspecified atom stereocenters. The van der Waals surface area contributed by atoms with Gasteiger partial charge in [0.15, 0.2) is 0 Å². The van der Waals surface area contributed by atoms with Gasteiger partial charge in [-0.15, -0.1) is 0 Å². The number of carbonyl (C=O) groups excluding carboxylic acids is 1. The zero-order valence-electron chi connectivity index (χ0n) is 14.9. The number of aryl methyl sites for hydroxylation is 1. The number of hydrogen-bond donors (Lipinski definition) is 2. The van der Waals surface area contributed by atoms with Crippen molar-refractivity contribution in [1.82, 2.24) is 19.7 Å². The zero-order chi connectivity index (χ0) is 18.4. The van der Waals surface area contributed by atoms with Crippen LogP contribution in [0.15, 0.2) is 54.7 Å². The molecule has 134 valence electrons. The van der Waals surface area contributed by atoms with E-state index < -0.39 is 0 Å². The van der Waals surface area contributed by atoms with Crippen LogP contribution in [-0.2, 0) is 11.3 Å². The molecule has 2 aromatic heterocycles. The minimum absolute atomic E-state index is 0.0225. The Kier molecular flexibility index (Phi) is 3.57. The van der Waals surface area contributed by atoms with E-state index in [9.17, 15) is 4.79 Å². The maximum Gasteiger partial charge on any atom is 0.226 e. The van der Waals surface area contributed by atoms with Crippen molar-refractivity contribution in [1.29, 1.82) is 0 Å². The van der Waals surface area contributed by atoms with Crippen molar-refractivity contribution < 1.29 is 4.79 Å². The Hall–Kier alpha value is -3.41. The molecule has 2 N–H and O–H groups in total. The van der Waals surface area contributed by atoms with E-state index in [0.29, 0.717) is 18.8 Å². The fourth-order valence-corrected chi connectivity index (χ4v) is 3.78. The van der Waals surface area contributed by atoms with E-state index in [0.717, 1.165) is 22.4 Å². The van der Waals surface area contributed by atoms with Gasteiger partial charge in [-0.2, -0.15) is 5.10 Å². The monoisotopic (exact) mass is 357 g/mol. The Morgan fingerprint density at radius 2 is 1.96 bits per heavy atom. The first kappa shape index (κ1) is 15.8. The van der Waals surface area contributed by atoms with E-state index in [4.69, 9.17) is 4.98 Å². The lowest BCUT2D eigenvalue weighted by Gasteiger charge is -2.22. The minimum Gasteiger partial charge on any atom is -0.323 e. The molecule has 27 heavy (non-hydrogen) atoms. The molecule has 3 heterocycles. The molecule has 6 nitrogen and oxygen atoms in total. The van der Waals surface area contributed by atoms with Crippen LogP contribution in [0.1, 0.15) is 34.9 Å². The molecule has 4 aromatic rings. The lowest BCUT2D eigenvalue weighted by Crippen LogP contribution is -2.25. The van der Waals surface area contributed by atoms with Gasteiger partial charge in [0.2, 0.25) is 5.91 Å². The molecule has 1 atom stereocenters. The molecule has 5 rings (SSSR count). The molecule has 1 amide bonds. The van der Waals surface area contributed by atoms with Gasteiger partial charge < -0.3 is 9.88 Å². The van der Waals surface area contributed by atoms with Gasteiger partial charge in [0.1, 0.15) is 11.6 Å². The van der Waals surface area contributed by atoms with Crippen LogP contribution in [-0.4, -0.2) is 25.7 Å². The van der Waals surface area contributed by atoms with E-state index in [1.807, 2.05) is 18.2 Å². The number of aromatic amines is 1. The number of hydrogen-bond acceptors (Lipinski definition) is 3. The van der Waals surface area contributed by atoms with E-state index in [2.05, 4.69) is 57.3 Å². The highest BCUT2D eigenvalue weighted by Crippen LogP contribution is 2.36. The Morgan fingerprint density at radius 3 is 2.81 bits per heavy atom. The molecule has 1 aliphatic heterocycles. The minimum atomic E-state index is -0.120. The normalized spacial score (nSPS) is 16.3. The summed E-state index contributed by atoms with van der Waals surface area (Å²) in [6, 6.07) is 16.6. The summed E-state index contributed by atoms with van der Waals surface area (Å²) in [4.78, 5) is 17.1. The second-order valence-electron chi connectivity index (χ2n) is 7.04. The number of para-hydroxylation sites is 2. The van der Waals surface area contributed by atoms with Crippen LogP contribution < -0.4 is 5.32 Å². The van der Waals surface area contributed by atoms with Crippen LogP contribution in [0.5, 0.6) is 0 Å². The molecule has 0 aliphatic carbocycles. The van der Waals surface area contributed by atoms with Gasteiger partial charge in [-0.1, -0.05) is 42.0 Å². The Labute approximate surface area is 156 Å². The number of anilines is 1. The number of amides is 1. The summed E-state index contributed by atoms with van der Waals surface area (Å²) in [5.74, 6) is 1.43. The van der Waals surface area contributed by atoms with Crippen molar-refractivity contribution >= 4 is 22.8 Å². The third-order valence-corrected chi connectivity index (χ3v) is 5.16. The summed E-state index contributed by atoms with van der Waals surface area (Å²) in [6.45, 7) is 2.80. The molecule has 2 aromatic carbocycles. The molecule has 0 radical (unpaired) electrons. The number of imidazole rings is 1. The Morgan fingerprint density at radius 1 is 1.15 bits per heavy atom. The summed E-state index contributed by atoms with van der Waals surface area (Å²) in [7, 11) is 0. The molecule has 1 aliphatic rings. The molecule has 6 heteroatoms. The van der Waals surface area contributed by atoms with Crippen LogP contribution in [0.2, 0.25) is 0 Å². The second-order valence-corrected chi connectivity index (χ2v) is 7.04. The van der Waals surface area contributed by atoms with Gasteiger partial charge >= 0.3 is 0 Å². The van der Waals surface area contributed by atoms with Gasteiger partial charge in [0.05, 0.1) is 23.1 Å². The van der Waals surface area contributed by atoms with Crippen molar-refractivity contribution in [3.05, 3.63) is 77.2 Å². The number of benzene rings is 2. The predicted molar refractivity (Wildman–Crippen MR) is 104 cm³/mol. The van der Waals surface area contributed by atoms with Crippen molar-refractivity contribution in [2.75, 3.05) is 5.32 Å². The molecular weight excluding hydrogens is 338 g/mol. The molecule has 0 saturated carbocycles. The van der Waals surface area contributed by atoms with Crippen molar-refractivity contribution in [3.8, 4) is 0 Å². The lowest BCUT2D eigenvalue weighted by atomic mass is 9.93. The summed E-state index contributed by atoms with van der Waals surface area (Å²) in [6.07, 6.45) is 2.15.